The standard InChI is InChI=1S/C15H12Cl2N2/c16-14-9-8-13(11-15(14)17)19-18-10-4-7-12-5-2-1-3-6-12/h1-11,19H/b7-4+,18-10+. The SMILES string of the molecule is Clc1ccc(N/N=C/C=C/c2ccccc2)cc1Cl. The molecule has 0 heterocycles. The number of halogens is 2. The second kappa shape index (κ2) is 6.98. The van der Waals surface area contributed by atoms with Crippen molar-refractivity contribution in [1.82, 2.24) is 0 Å². The smallest absolute Gasteiger partial charge is 0.0613 e. The Kier molecular flexibility index (Phi) is 5.01. The predicted molar refractivity (Wildman–Crippen MR) is 84.1 cm³/mol. The van der Waals surface area contributed by atoms with Gasteiger partial charge in [0.1, 0.15) is 0 Å². The third-order valence-corrected chi connectivity index (χ3v) is 3.10. The van der Waals surface area contributed by atoms with E-state index in [-0.39, 0.29) is 0 Å². The van der Waals surface area contributed by atoms with Gasteiger partial charge in [0.05, 0.1) is 15.7 Å². The summed E-state index contributed by atoms with van der Waals surface area (Å²) in [5.41, 5.74) is 4.79. The van der Waals surface area contributed by atoms with Crippen LogP contribution in [0.4, 0.5) is 5.69 Å². The lowest BCUT2D eigenvalue weighted by atomic mass is 10.2. The van der Waals surface area contributed by atoms with Crippen LogP contribution in [-0.2, 0) is 0 Å². The van der Waals surface area contributed by atoms with E-state index in [0.717, 1.165) is 11.3 Å². The van der Waals surface area contributed by atoms with Crippen LogP contribution in [0, 0.1) is 0 Å². The molecule has 0 saturated heterocycles. The van der Waals surface area contributed by atoms with Crippen LogP contribution in [0.25, 0.3) is 6.08 Å². The molecule has 0 fully saturated rings. The number of nitrogens with one attached hydrogen (secondary N) is 1. The lowest BCUT2D eigenvalue weighted by Crippen LogP contribution is -1.87. The fourth-order valence-electron chi connectivity index (χ4n) is 1.44. The average Bonchev–Trinajstić information content (AvgIpc) is 2.43. The number of hydrogen-bond donors (Lipinski definition) is 1. The van der Waals surface area contributed by atoms with E-state index in [0.29, 0.717) is 10.0 Å². The van der Waals surface area contributed by atoms with Crippen molar-refractivity contribution < 1.29 is 0 Å². The highest BCUT2D eigenvalue weighted by Gasteiger charge is 1.97. The van der Waals surface area contributed by atoms with E-state index in [4.69, 9.17) is 23.2 Å². The molecule has 0 unspecified atom stereocenters. The van der Waals surface area contributed by atoms with E-state index in [2.05, 4.69) is 10.5 Å². The van der Waals surface area contributed by atoms with Crippen molar-refractivity contribution in [3.63, 3.8) is 0 Å². The summed E-state index contributed by atoms with van der Waals surface area (Å²) in [7, 11) is 0. The van der Waals surface area contributed by atoms with Crippen LogP contribution in [0.15, 0.2) is 59.7 Å². The molecular formula is C15H12Cl2N2. The van der Waals surface area contributed by atoms with Crippen LogP contribution in [0.1, 0.15) is 5.56 Å². The summed E-state index contributed by atoms with van der Waals surface area (Å²) in [6, 6.07) is 15.3. The number of benzene rings is 2. The van der Waals surface area contributed by atoms with Gasteiger partial charge in [-0.3, -0.25) is 5.43 Å². The van der Waals surface area contributed by atoms with Crippen molar-refractivity contribution in [2.24, 2.45) is 5.10 Å². The first-order valence-electron chi connectivity index (χ1n) is 5.71. The lowest BCUT2D eigenvalue weighted by molar-refractivity contribution is 1.36. The Hall–Kier alpha value is -1.77. The Bertz CT molecular complexity index is 592. The molecule has 2 aromatic rings. The van der Waals surface area contributed by atoms with E-state index >= 15 is 0 Å². The maximum atomic E-state index is 5.90. The molecule has 0 aliphatic heterocycles. The van der Waals surface area contributed by atoms with Gasteiger partial charge in [-0.2, -0.15) is 5.10 Å². The molecule has 4 heteroatoms. The maximum Gasteiger partial charge on any atom is 0.0613 e. The normalized spacial score (nSPS) is 11.3. The molecule has 2 aromatic carbocycles. The highest BCUT2D eigenvalue weighted by atomic mass is 35.5. The molecule has 0 amide bonds. The van der Waals surface area contributed by atoms with Gasteiger partial charge in [0.2, 0.25) is 0 Å². The number of rotatable bonds is 4. The Morgan fingerprint density at radius 2 is 1.74 bits per heavy atom. The van der Waals surface area contributed by atoms with Gasteiger partial charge in [-0.05, 0) is 29.8 Å². The van der Waals surface area contributed by atoms with Gasteiger partial charge in [0.15, 0.2) is 0 Å². The molecular weight excluding hydrogens is 279 g/mol. The summed E-state index contributed by atoms with van der Waals surface area (Å²) in [5.74, 6) is 0. The largest absolute Gasteiger partial charge is 0.278 e. The summed E-state index contributed by atoms with van der Waals surface area (Å²) in [4.78, 5) is 0. The monoisotopic (exact) mass is 290 g/mol. The average molecular weight is 291 g/mol. The molecule has 2 rings (SSSR count). The lowest BCUT2D eigenvalue weighted by Gasteiger charge is -2.00. The van der Waals surface area contributed by atoms with Gasteiger partial charge in [0, 0.05) is 6.21 Å². The summed E-state index contributed by atoms with van der Waals surface area (Å²) >= 11 is 11.7. The third-order valence-electron chi connectivity index (χ3n) is 2.36. The van der Waals surface area contributed by atoms with Crippen LogP contribution in [0.5, 0.6) is 0 Å². The first-order chi connectivity index (χ1) is 9.25. The Labute approximate surface area is 122 Å². The van der Waals surface area contributed by atoms with Gasteiger partial charge in [-0.15, -0.1) is 0 Å². The molecule has 0 bridgehead atoms. The zero-order valence-electron chi connectivity index (χ0n) is 10.1. The second-order valence-corrected chi connectivity index (χ2v) is 4.60. The zero-order chi connectivity index (χ0) is 13.5. The fourth-order valence-corrected chi connectivity index (χ4v) is 1.74. The van der Waals surface area contributed by atoms with Crippen molar-refractivity contribution in [2.45, 2.75) is 0 Å². The quantitative estimate of drug-likeness (QED) is 0.614. The van der Waals surface area contributed by atoms with Crippen molar-refractivity contribution in [1.29, 1.82) is 0 Å². The van der Waals surface area contributed by atoms with Crippen molar-refractivity contribution >= 4 is 41.2 Å². The number of nitrogens with zero attached hydrogens (tertiary/aromatic N) is 1. The van der Waals surface area contributed by atoms with Crippen LogP contribution < -0.4 is 5.43 Å². The minimum atomic E-state index is 0.502. The van der Waals surface area contributed by atoms with Gasteiger partial charge < -0.3 is 0 Å². The van der Waals surface area contributed by atoms with Gasteiger partial charge in [-0.1, -0.05) is 59.6 Å². The molecule has 0 aromatic heterocycles. The van der Waals surface area contributed by atoms with Crippen LogP contribution in [0.2, 0.25) is 10.0 Å². The molecule has 2 nitrogen and oxygen atoms in total. The summed E-state index contributed by atoms with van der Waals surface area (Å²) in [6.07, 6.45) is 5.51. The summed E-state index contributed by atoms with van der Waals surface area (Å²) < 4.78 is 0. The van der Waals surface area contributed by atoms with Gasteiger partial charge in [-0.25, -0.2) is 0 Å². The minimum absolute atomic E-state index is 0.502. The molecule has 0 saturated carbocycles. The zero-order valence-corrected chi connectivity index (χ0v) is 11.6. The summed E-state index contributed by atoms with van der Waals surface area (Å²) in [5, 5.41) is 5.09. The molecule has 0 radical (unpaired) electrons. The van der Waals surface area contributed by atoms with E-state index in [1.807, 2.05) is 48.6 Å². The van der Waals surface area contributed by atoms with Crippen LogP contribution >= 0.6 is 23.2 Å². The number of allylic oxidation sites excluding steroid dienone is 1. The molecule has 0 aliphatic rings. The first-order valence-corrected chi connectivity index (χ1v) is 6.47. The molecule has 1 N–H and O–H groups in total. The minimum Gasteiger partial charge on any atom is -0.278 e. The topological polar surface area (TPSA) is 24.4 Å². The van der Waals surface area contributed by atoms with E-state index in [9.17, 15) is 0 Å². The highest BCUT2D eigenvalue weighted by molar-refractivity contribution is 6.42. The summed E-state index contributed by atoms with van der Waals surface area (Å²) in [6.45, 7) is 0. The first kappa shape index (κ1) is 13.7. The van der Waals surface area contributed by atoms with E-state index in [1.54, 1.807) is 18.3 Å². The molecule has 0 aliphatic carbocycles. The fraction of sp³-hybridized carbons (Fsp3) is 0. The highest BCUT2D eigenvalue weighted by Crippen LogP contribution is 2.24. The van der Waals surface area contributed by atoms with Crippen LogP contribution in [0.3, 0.4) is 0 Å². The predicted octanol–water partition coefficient (Wildman–Crippen LogP) is 5.10. The van der Waals surface area contributed by atoms with Gasteiger partial charge >= 0.3 is 0 Å². The Morgan fingerprint density at radius 1 is 0.947 bits per heavy atom. The number of hydrogen-bond acceptors (Lipinski definition) is 2. The maximum absolute atomic E-state index is 5.90. The van der Waals surface area contributed by atoms with Crippen LogP contribution in [-0.4, -0.2) is 6.21 Å². The number of anilines is 1. The third kappa shape index (κ3) is 4.43. The number of hydrazone groups is 1. The molecule has 0 spiro atoms. The molecule has 19 heavy (non-hydrogen) atoms. The van der Waals surface area contributed by atoms with Crippen molar-refractivity contribution in [3.05, 3.63) is 70.2 Å². The van der Waals surface area contributed by atoms with Crippen molar-refractivity contribution in [2.75, 3.05) is 5.43 Å². The van der Waals surface area contributed by atoms with E-state index < -0.39 is 0 Å². The Morgan fingerprint density at radius 3 is 2.47 bits per heavy atom. The molecule has 0 atom stereocenters. The van der Waals surface area contributed by atoms with Gasteiger partial charge in [0.25, 0.3) is 0 Å². The second-order valence-electron chi connectivity index (χ2n) is 3.79. The Balaban J connectivity index is 1.90. The van der Waals surface area contributed by atoms with E-state index in [1.165, 1.54) is 0 Å². The molecule has 96 valence electrons. The van der Waals surface area contributed by atoms with Crippen molar-refractivity contribution in [3.8, 4) is 0 Å².